The average Bonchev–Trinajstić information content (AvgIpc) is 3.22. The van der Waals surface area contributed by atoms with Gasteiger partial charge in [-0.15, -0.1) is 46.8 Å². The summed E-state index contributed by atoms with van der Waals surface area (Å²) >= 11 is 4.83. The highest BCUT2D eigenvalue weighted by Gasteiger charge is 2.15. The molecule has 4 N–H and O–H groups in total. The third kappa shape index (κ3) is 5.32. The molecular formula is C15H22ClN5OS3. The van der Waals surface area contributed by atoms with Crippen LogP contribution in [0.1, 0.15) is 4.88 Å². The molecule has 0 saturated carbocycles. The van der Waals surface area contributed by atoms with Gasteiger partial charge in [0.2, 0.25) is 0 Å². The van der Waals surface area contributed by atoms with Gasteiger partial charge in [0.1, 0.15) is 5.84 Å². The second kappa shape index (κ2) is 9.75. The number of anilines is 1. The molecule has 0 unspecified atom stereocenters. The lowest BCUT2D eigenvalue weighted by molar-refractivity contribution is 0.0398. The Morgan fingerprint density at radius 3 is 2.92 bits per heavy atom. The number of nitrogens with two attached hydrogens (primary N) is 1. The number of aromatic nitrogens is 1. The quantitative estimate of drug-likeness (QED) is 0.363. The lowest BCUT2D eigenvalue weighted by Gasteiger charge is -2.26. The minimum absolute atomic E-state index is 0. The van der Waals surface area contributed by atoms with Crippen molar-refractivity contribution in [3.05, 3.63) is 16.3 Å². The fourth-order valence-corrected chi connectivity index (χ4v) is 4.95. The maximum Gasteiger partial charge on any atom is 0.183 e. The van der Waals surface area contributed by atoms with Crippen molar-refractivity contribution in [1.82, 2.24) is 9.88 Å². The third-order valence-corrected chi connectivity index (χ3v) is 6.84. The van der Waals surface area contributed by atoms with Crippen molar-refractivity contribution in [2.45, 2.75) is 4.21 Å². The zero-order valence-corrected chi connectivity index (χ0v) is 17.2. The summed E-state index contributed by atoms with van der Waals surface area (Å²) < 4.78 is 6.50. The predicted octanol–water partition coefficient (Wildman–Crippen LogP) is 3.04. The Morgan fingerprint density at radius 2 is 2.24 bits per heavy atom. The minimum Gasteiger partial charge on any atom is -0.383 e. The number of nitrogens with zero attached hydrogens (tertiary/aromatic N) is 2. The smallest absolute Gasteiger partial charge is 0.183 e. The van der Waals surface area contributed by atoms with Gasteiger partial charge in [0.05, 0.1) is 28.0 Å². The van der Waals surface area contributed by atoms with Gasteiger partial charge in [0.15, 0.2) is 5.13 Å². The van der Waals surface area contributed by atoms with Gasteiger partial charge in [-0.2, -0.15) is 0 Å². The Kier molecular flexibility index (Phi) is 7.98. The number of thiophene rings is 1. The highest BCUT2D eigenvalue weighted by Crippen LogP contribution is 2.38. The molecule has 0 atom stereocenters. The van der Waals surface area contributed by atoms with Crippen LogP contribution in [0.2, 0.25) is 0 Å². The normalized spacial score (nSPS) is 14.9. The Bertz CT molecular complexity index is 699. The van der Waals surface area contributed by atoms with Gasteiger partial charge in [-0.25, -0.2) is 4.98 Å². The molecule has 2 aromatic rings. The Hall–Kier alpha value is -0.840. The van der Waals surface area contributed by atoms with Crippen LogP contribution in [0, 0.1) is 5.41 Å². The van der Waals surface area contributed by atoms with E-state index in [9.17, 15) is 0 Å². The summed E-state index contributed by atoms with van der Waals surface area (Å²) in [5.74, 6) is 0.112. The first kappa shape index (κ1) is 20.5. The number of thiazole rings is 1. The molecule has 0 bridgehead atoms. The van der Waals surface area contributed by atoms with E-state index in [0.29, 0.717) is 0 Å². The third-order valence-electron chi connectivity index (χ3n) is 3.74. The molecule has 1 fully saturated rings. The van der Waals surface area contributed by atoms with E-state index in [0.717, 1.165) is 64.9 Å². The summed E-state index contributed by atoms with van der Waals surface area (Å²) in [5, 5.41) is 14.0. The molecule has 6 nitrogen and oxygen atoms in total. The monoisotopic (exact) mass is 419 g/mol. The molecule has 3 heterocycles. The van der Waals surface area contributed by atoms with Gasteiger partial charge in [-0.3, -0.25) is 10.3 Å². The molecule has 138 valence electrons. The number of nitrogen functional groups attached to an aromatic ring is 1. The first-order chi connectivity index (χ1) is 11.7. The molecule has 1 aliphatic rings. The SMILES string of the molecule is CSc1sc(C(=N)N)cc1-c1csc(NCCN2CCOCC2)n1.Cl. The first-order valence-electron chi connectivity index (χ1n) is 7.69. The number of hydrogen-bond donors (Lipinski definition) is 3. The van der Waals surface area contributed by atoms with Crippen molar-refractivity contribution in [2.75, 3.05) is 51.0 Å². The van der Waals surface area contributed by atoms with Gasteiger partial charge in [0, 0.05) is 37.1 Å². The topological polar surface area (TPSA) is 87.3 Å². The van der Waals surface area contributed by atoms with Gasteiger partial charge in [-0.05, 0) is 12.3 Å². The highest BCUT2D eigenvalue weighted by atomic mass is 35.5. The first-order valence-corrected chi connectivity index (χ1v) is 10.6. The fraction of sp³-hybridized carbons (Fsp3) is 0.467. The van der Waals surface area contributed by atoms with E-state index >= 15 is 0 Å². The summed E-state index contributed by atoms with van der Waals surface area (Å²) in [6.07, 6.45) is 2.03. The Balaban J connectivity index is 0.00000225. The van der Waals surface area contributed by atoms with Crippen LogP contribution in [0.25, 0.3) is 11.3 Å². The van der Waals surface area contributed by atoms with Gasteiger partial charge < -0.3 is 15.8 Å². The number of rotatable bonds is 7. The largest absolute Gasteiger partial charge is 0.383 e. The summed E-state index contributed by atoms with van der Waals surface area (Å²) in [4.78, 5) is 7.88. The molecule has 2 aromatic heterocycles. The zero-order chi connectivity index (χ0) is 16.9. The van der Waals surface area contributed by atoms with E-state index in [1.165, 1.54) is 0 Å². The van der Waals surface area contributed by atoms with E-state index < -0.39 is 0 Å². The summed E-state index contributed by atoms with van der Waals surface area (Å²) in [6, 6.07) is 1.96. The van der Waals surface area contributed by atoms with Gasteiger partial charge in [0.25, 0.3) is 0 Å². The zero-order valence-electron chi connectivity index (χ0n) is 13.9. The molecule has 0 radical (unpaired) electrons. The van der Waals surface area contributed by atoms with Crippen LogP contribution in [0.4, 0.5) is 5.13 Å². The molecule has 1 saturated heterocycles. The van der Waals surface area contributed by atoms with E-state index in [1.54, 1.807) is 34.4 Å². The summed E-state index contributed by atoms with van der Waals surface area (Å²) in [5.41, 5.74) is 7.62. The van der Waals surface area contributed by atoms with Crippen molar-refractivity contribution in [2.24, 2.45) is 5.73 Å². The van der Waals surface area contributed by atoms with Crippen molar-refractivity contribution in [3.63, 3.8) is 0 Å². The van der Waals surface area contributed by atoms with E-state index in [2.05, 4.69) is 15.6 Å². The molecule has 0 spiro atoms. The number of ether oxygens (including phenoxy) is 1. The molecule has 0 aliphatic carbocycles. The molecule has 0 amide bonds. The maximum atomic E-state index is 7.61. The van der Waals surface area contributed by atoms with E-state index in [4.69, 9.17) is 20.9 Å². The van der Waals surface area contributed by atoms with Crippen molar-refractivity contribution >= 4 is 57.8 Å². The van der Waals surface area contributed by atoms with Crippen molar-refractivity contribution in [1.29, 1.82) is 5.41 Å². The summed E-state index contributed by atoms with van der Waals surface area (Å²) in [6.45, 7) is 5.55. The predicted molar refractivity (Wildman–Crippen MR) is 111 cm³/mol. The molecule has 1 aliphatic heterocycles. The molecule has 10 heteroatoms. The highest BCUT2D eigenvalue weighted by molar-refractivity contribution is 8.00. The van der Waals surface area contributed by atoms with Crippen molar-refractivity contribution < 1.29 is 4.74 Å². The standard InChI is InChI=1S/C15H21N5OS3.ClH/c1-22-14-10(8-12(24-14)13(16)17)11-9-23-15(19-11)18-2-3-20-4-6-21-7-5-20;/h8-9H,2-7H2,1H3,(H3,16,17)(H,18,19);1H. The van der Waals surface area contributed by atoms with Crippen LogP contribution in [0.3, 0.4) is 0 Å². The maximum absolute atomic E-state index is 7.61. The molecule has 3 rings (SSSR count). The van der Waals surface area contributed by atoms with E-state index in [1.807, 2.05) is 12.3 Å². The number of halogens is 1. The van der Waals surface area contributed by atoms with Gasteiger partial charge in [-0.1, -0.05) is 0 Å². The van der Waals surface area contributed by atoms with Crippen LogP contribution in [-0.4, -0.2) is 61.4 Å². The van der Waals surface area contributed by atoms with Crippen LogP contribution >= 0.6 is 46.8 Å². The molecule has 25 heavy (non-hydrogen) atoms. The second-order valence-corrected chi connectivity index (χ2v) is 8.33. The van der Waals surface area contributed by atoms with E-state index in [-0.39, 0.29) is 18.2 Å². The number of amidine groups is 1. The van der Waals surface area contributed by atoms with Crippen LogP contribution in [-0.2, 0) is 4.74 Å². The Labute approximate surface area is 166 Å². The van der Waals surface area contributed by atoms with Gasteiger partial charge >= 0.3 is 0 Å². The number of nitrogens with one attached hydrogen (secondary N) is 2. The lowest BCUT2D eigenvalue weighted by atomic mass is 10.2. The number of thioether (sulfide) groups is 1. The van der Waals surface area contributed by atoms with Crippen LogP contribution < -0.4 is 11.1 Å². The van der Waals surface area contributed by atoms with Crippen molar-refractivity contribution in [3.8, 4) is 11.3 Å². The summed E-state index contributed by atoms with van der Waals surface area (Å²) in [7, 11) is 0. The number of hydrogen-bond acceptors (Lipinski definition) is 8. The Morgan fingerprint density at radius 1 is 1.48 bits per heavy atom. The fourth-order valence-electron chi connectivity index (χ4n) is 2.46. The molecular weight excluding hydrogens is 398 g/mol. The van der Waals surface area contributed by atoms with Crippen LogP contribution in [0.5, 0.6) is 0 Å². The average molecular weight is 420 g/mol. The van der Waals surface area contributed by atoms with Crippen LogP contribution in [0.15, 0.2) is 15.7 Å². The number of morpholine rings is 1. The minimum atomic E-state index is 0. The molecule has 0 aromatic carbocycles. The second-order valence-electron chi connectivity index (χ2n) is 5.35. The lowest BCUT2D eigenvalue weighted by Crippen LogP contribution is -2.38.